The number of aliphatic hydroxyl groups excluding tert-OH is 1. The summed E-state index contributed by atoms with van der Waals surface area (Å²) in [7, 11) is 0. The molecular formula is C9H15N3O. The maximum absolute atomic E-state index is 9.78. The largest absolute Gasteiger partial charge is 0.387 e. The average molecular weight is 181 g/mol. The van der Waals surface area contributed by atoms with Gasteiger partial charge in [-0.2, -0.15) is 0 Å². The molecule has 4 heteroatoms. The highest BCUT2D eigenvalue weighted by Crippen LogP contribution is 2.29. The monoisotopic (exact) mass is 181 g/mol. The van der Waals surface area contributed by atoms with Gasteiger partial charge in [-0.1, -0.05) is 5.21 Å². The van der Waals surface area contributed by atoms with Crippen molar-refractivity contribution in [3.63, 3.8) is 0 Å². The van der Waals surface area contributed by atoms with Crippen molar-refractivity contribution >= 4 is 0 Å². The average Bonchev–Trinajstić information content (AvgIpc) is 2.49. The van der Waals surface area contributed by atoms with Gasteiger partial charge in [-0.3, -0.25) is 0 Å². The van der Waals surface area contributed by atoms with E-state index in [0.717, 1.165) is 30.7 Å². The molecule has 0 saturated heterocycles. The van der Waals surface area contributed by atoms with Crippen LogP contribution in [0.4, 0.5) is 0 Å². The number of hydrogen-bond acceptors (Lipinski definition) is 3. The molecule has 0 aromatic carbocycles. The Morgan fingerprint density at radius 3 is 3.00 bits per heavy atom. The van der Waals surface area contributed by atoms with Gasteiger partial charge in [0, 0.05) is 6.04 Å². The lowest BCUT2D eigenvalue weighted by Gasteiger charge is -2.19. The predicted molar refractivity (Wildman–Crippen MR) is 48.3 cm³/mol. The minimum absolute atomic E-state index is 0.281. The maximum atomic E-state index is 9.78. The van der Waals surface area contributed by atoms with Gasteiger partial charge in [0.05, 0.1) is 17.5 Å². The fourth-order valence-electron chi connectivity index (χ4n) is 1.84. The predicted octanol–water partition coefficient (Wildman–Crippen LogP) is 1.23. The third kappa shape index (κ3) is 1.35. The summed E-state index contributed by atoms with van der Waals surface area (Å²) in [5, 5.41) is 17.9. The molecule has 0 radical (unpaired) electrons. The minimum atomic E-state index is -0.360. The van der Waals surface area contributed by atoms with Crippen LogP contribution in [0.25, 0.3) is 0 Å². The van der Waals surface area contributed by atoms with Crippen molar-refractivity contribution in [3.8, 4) is 0 Å². The van der Waals surface area contributed by atoms with Crippen LogP contribution < -0.4 is 0 Å². The molecule has 1 atom stereocenters. The summed E-state index contributed by atoms with van der Waals surface area (Å²) in [6, 6.07) is 0.281. The Morgan fingerprint density at radius 1 is 1.54 bits per heavy atom. The number of aromatic nitrogens is 3. The lowest BCUT2D eigenvalue weighted by atomic mass is 9.98. The van der Waals surface area contributed by atoms with Gasteiger partial charge in [0.15, 0.2) is 0 Å². The highest BCUT2D eigenvalue weighted by Gasteiger charge is 2.25. The summed E-state index contributed by atoms with van der Waals surface area (Å²) in [5.74, 6) is 0. The molecule has 1 unspecified atom stereocenters. The third-order valence-electron chi connectivity index (χ3n) is 2.50. The van der Waals surface area contributed by atoms with Crippen molar-refractivity contribution < 1.29 is 5.11 Å². The van der Waals surface area contributed by atoms with Crippen LogP contribution >= 0.6 is 0 Å². The maximum Gasteiger partial charge on any atom is 0.0976 e. The van der Waals surface area contributed by atoms with Gasteiger partial charge < -0.3 is 5.11 Å². The van der Waals surface area contributed by atoms with Crippen molar-refractivity contribution in [2.75, 3.05) is 0 Å². The van der Waals surface area contributed by atoms with E-state index < -0.39 is 0 Å². The summed E-state index contributed by atoms with van der Waals surface area (Å²) in [5.41, 5.74) is 1.91. The first-order valence-corrected chi connectivity index (χ1v) is 4.82. The first-order chi connectivity index (χ1) is 6.20. The standard InChI is InChI=1S/C9H15N3O/c1-6(2)12-9-7(10-11-12)4-3-5-8(9)13/h6,8,13H,3-5H2,1-2H3. The van der Waals surface area contributed by atoms with Crippen molar-refractivity contribution in [2.24, 2.45) is 0 Å². The molecule has 1 N–H and O–H groups in total. The zero-order valence-corrected chi connectivity index (χ0v) is 8.06. The number of aryl methyl sites for hydroxylation is 1. The van der Waals surface area contributed by atoms with Crippen molar-refractivity contribution in [1.29, 1.82) is 0 Å². The van der Waals surface area contributed by atoms with E-state index in [1.165, 1.54) is 0 Å². The highest BCUT2D eigenvalue weighted by atomic mass is 16.3. The fourth-order valence-corrected chi connectivity index (χ4v) is 1.84. The van der Waals surface area contributed by atoms with Gasteiger partial charge >= 0.3 is 0 Å². The van der Waals surface area contributed by atoms with Crippen LogP contribution in [0.2, 0.25) is 0 Å². The molecule has 0 bridgehead atoms. The van der Waals surface area contributed by atoms with Gasteiger partial charge in [0.25, 0.3) is 0 Å². The van der Waals surface area contributed by atoms with Crippen LogP contribution in [0.5, 0.6) is 0 Å². The molecule has 0 spiro atoms. The summed E-state index contributed by atoms with van der Waals surface area (Å²) >= 11 is 0. The van der Waals surface area contributed by atoms with Crippen LogP contribution in [0.3, 0.4) is 0 Å². The first kappa shape index (κ1) is 8.69. The van der Waals surface area contributed by atoms with Gasteiger partial charge in [0.2, 0.25) is 0 Å². The molecule has 0 saturated carbocycles. The van der Waals surface area contributed by atoms with E-state index in [0.29, 0.717) is 0 Å². The molecule has 0 aliphatic heterocycles. The summed E-state index contributed by atoms with van der Waals surface area (Å²) in [6.45, 7) is 4.10. The first-order valence-electron chi connectivity index (χ1n) is 4.82. The minimum Gasteiger partial charge on any atom is -0.387 e. The lowest BCUT2D eigenvalue weighted by molar-refractivity contribution is 0.143. The topological polar surface area (TPSA) is 50.9 Å². The Kier molecular flexibility index (Phi) is 2.07. The van der Waals surface area contributed by atoms with Crippen molar-refractivity contribution in [1.82, 2.24) is 15.0 Å². The SMILES string of the molecule is CC(C)n1nnc2c1C(O)CCC2. The summed E-state index contributed by atoms with van der Waals surface area (Å²) < 4.78 is 1.83. The fraction of sp³-hybridized carbons (Fsp3) is 0.778. The molecule has 1 aliphatic carbocycles. The third-order valence-corrected chi connectivity index (χ3v) is 2.50. The van der Waals surface area contributed by atoms with Gasteiger partial charge in [0.1, 0.15) is 0 Å². The van der Waals surface area contributed by atoms with Crippen LogP contribution in [0.15, 0.2) is 0 Å². The van der Waals surface area contributed by atoms with Gasteiger partial charge in [-0.15, -0.1) is 5.10 Å². The smallest absolute Gasteiger partial charge is 0.0976 e. The molecule has 1 aromatic heterocycles. The Hall–Kier alpha value is -0.900. The molecule has 2 rings (SSSR count). The second kappa shape index (κ2) is 3.10. The Morgan fingerprint density at radius 2 is 2.31 bits per heavy atom. The Labute approximate surface area is 77.6 Å². The zero-order valence-electron chi connectivity index (χ0n) is 8.06. The number of hydrogen-bond donors (Lipinski definition) is 1. The molecule has 4 nitrogen and oxygen atoms in total. The van der Waals surface area contributed by atoms with E-state index in [1.54, 1.807) is 0 Å². The van der Waals surface area contributed by atoms with E-state index in [1.807, 2.05) is 4.68 Å². The zero-order chi connectivity index (χ0) is 9.42. The Balaban J connectivity index is 2.44. The summed E-state index contributed by atoms with van der Waals surface area (Å²) in [6.07, 6.45) is 2.46. The van der Waals surface area contributed by atoms with E-state index >= 15 is 0 Å². The summed E-state index contributed by atoms with van der Waals surface area (Å²) in [4.78, 5) is 0. The molecule has 72 valence electrons. The van der Waals surface area contributed by atoms with Gasteiger partial charge in [-0.25, -0.2) is 4.68 Å². The van der Waals surface area contributed by atoms with Crippen LogP contribution in [-0.4, -0.2) is 20.1 Å². The van der Waals surface area contributed by atoms with Crippen LogP contribution in [-0.2, 0) is 6.42 Å². The van der Waals surface area contributed by atoms with E-state index in [9.17, 15) is 5.11 Å². The van der Waals surface area contributed by atoms with Crippen molar-refractivity contribution in [3.05, 3.63) is 11.4 Å². The molecule has 1 aliphatic rings. The Bertz CT molecular complexity index is 306. The quantitative estimate of drug-likeness (QED) is 0.709. The normalized spacial score (nSPS) is 22.0. The number of rotatable bonds is 1. The second-order valence-electron chi connectivity index (χ2n) is 3.87. The molecule has 0 fully saturated rings. The molecule has 1 heterocycles. The lowest BCUT2D eigenvalue weighted by Crippen LogP contribution is -2.15. The second-order valence-corrected chi connectivity index (χ2v) is 3.87. The van der Waals surface area contributed by atoms with E-state index in [4.69, 9.17) is 0 Å². The molecule has 13 heavy (non-hydrogen) atoms. The molecule has 1 aromatic rings. The van der Waals surface area contributed by atoms with Crippen LogP contribution in [0, 0.1) is 0 Å². The van der Waals surface area contributed by atoms with Crippen molar-refractivity contribution in [2.45, 2.75) is 45.3 Å². The van der Waals surface area contributed by atoms with Gasteiger partial charge in [-0.05, 0) is 33.1 Å². The number of nitrogens with zero attached hydrogens (tertiary/aromatic N) is 3. The number of aliphatic hydroxyl groups is 1. The molecular weight excluding hydrogens is 166 g/mol. The van der Waals surface area contributed by atoms with E-state index in [2.05, 4.69) is 24.2 Å². The molecule has 0 amide bonds. The van der Waals surface area contributed by atoms with Crippen LogP contribution in [0.1, 0.15) is 50.2 Å². The highest BCUT2D eigenvalue weighted by molar-refractivity contribution is 5.16. The number of fused-ring (bicyclic) bond motifs is 1. The van der Waals surface area contributed by atoms with E-state index in [-0.39, 0.29) is 12.1 Å².